The van der Waals surface area contributed by atoms with E-state index in [1.54, 1.807) is 30.0 Å². The van der Waals surface area contributed by atoms with Crippen molar-refractivity contribution in [2.24, 2.45) is 0 Å². The van der Waals surface area contributed by atoms with E-state index in [2.05, 4.69) is 0 Å². The van der Waals surface area contributed by atoms with Crippen molar-refractivity contribution in [3.8, 4) is 5.75 Å². The number of allylic oxidation sites excluding steroid dienone is 2. The predicted octanol–water partition coefficient (Wildman–Crippen LogP) is 4.44. The molecular formula is C24H29NO7. The molecule has 32 heavy (non-hydrogen) atoms. The first kappa shape index (κ1) is 24.7. The number of carbonyl (C=O) groups excluding carboxylic acids is 1. The van der Waals surface area contributed by atoms with Crippen molar-refractivity contribution in [1.29, 1.82) is 0 Å². The van der Waals surface area contributed by atoms with Gasteiger partial charge in [-0.1, -0.05) is 6.07 Å². The molecule has 172 valence electrons. The summed E-state index contributed by atoms with van der Waals surface area (Å²) in [5, 5.41) is 18.5. The van der Waals surface area contributed by atoms with Crippen molar-refractivity contribution in [2.75, 3.05) is 19.7 Å². The highest BCUT2D eigenvalue weighted by molar-refractivity contribution is 6.02. The number of carboxylic acid groups (broad SMARTS) is 2. The normalized spacial score (nSPS) is 12.1. The van der Waals surface area contributed by atoms with Gasteiger partial charge in [-0.3, -0.25) is 9.59 Å². The van der Waals surface area contributed by atoms with Gasteiger partial charge in [-0.2, -0.15) is 0 Å². The van der Waals surface area contributed by atoms with E-state index in [1.165, 1.54) is 0 Å². The highest BCUT2D eigenvalue weighted by atomic mass is 16.5. The summed E-state index contributed by atoms with van der Waals surface area (Å²) in [5.74, 6) is -1.29. The fourth-order valence-corrected chi connectivity index (χ4v) is 3.30. The second kappa shape index (κ2) is 11.2. The van der Waals surface area contributed by atoms with Crippen LogP contribution in [0.5, 0.6) is 5.75 Å². The zero-order valence-electron chi connectivity index (χ0n) is 18.8. The first-order valence-corrected chi connectivity index (χ1v) is 10.5. The first-order chi connectivity index (χ1) is 15.2. The molecule has 0 aliphatic carbocycles. The van der Waals surface area contributed by atoms with Crippen molar-refractivity contribution < 1.29 is 33.8 Å². The van der Waals surface area contributed by atoms with Crippen LogP contribution < -0.4 is 4.74 Å². The second-order valence-electron chi connectivity index (χ2n) is 7.31. The summed E-state index contributed by atoms with van der Waals surface area (Å²) in [4.78, 5) is 36.0. The number of hydrogen-bond donors (Lipinski definition) is 2. The third-order valence-electron chi connectivity index (χ3n) is 5.01. The van der Waals surface area contributed by atoms with E-state index in [0.717, 1.165) is 17.2 Å². The molecule has 2 N–H and O–H groups in total. The lowest BCUT2D eigenvalue weighted by atomic mass is 10.0. The van der Waals surface area contributed by atoms with Gasteiger partial charge < -0.3 is 24.3 Å². The molecule has 0 fully saturated rings. The van der Waals surface area contributed by atoms with Gasteiger partial charge in [0.2, 0.25) is 5.91 Å². The number of rotatable bonds is 11. The molecular weight excluding hydrogens is 414 g/mol. The topological polar surface area (TPSA) is 117 Å². The molecule has 0 bridgehead atoms. The largest absolute Gasteiger partial charge is 0.490 e. The second-order valence-corrected chi connectivity index (χ2v) is 7.31. The quantitative estimate of drug-likeness (QED) is 0.389. The lowest BCUT2D eigenvalue weighted by Gasteiger charge is -2.17. The van der Waals surface area contributed by atoms with Gasteiger partial charge in [0.15, 0.2) is 11.3 Å². The van der Waals surface area contributed by atoms with Gasteiger partial charge in [0.25, 0.3) is 0 Å². The number of amides is 1. The summed E-state index contributed by atoms with van der Waals surface area (Å²) < 4.78 is 11.7. The maximum atomic E-state index is 12.5. The molecule has 1 aromatic carbocycles. The van der Waals surface area contributed by atoms with Crippen molar-refractivity contribution in [1.82, 2.24) is 4.90 Å². The lowest BCUT2D eigenvalue weighted by Crippen LogP contribution is -2.28. The van der Waals surface area contributed by atoms with Gasteiger partial charge in [-0.25, -0.2) is 4.79 Å². The van der Waals surface area contributed by atoms with Gasteiger partial charge in [-0.15, -0.1) is 0 Å². The van der Waals surface area contributed by atoms with Gasteiger partial charge in [0.1, 0.15) is 5.76 Å². The Morgan fingerprint density at radius 3 is 2.34 bits per heavy atom. The minimum Gasteiger partial charge on any atom is -0.490 e. The number of aliphatic carboxylic acids is 2. The van der Waals surface area contributed by atoms with Crippen molar-refractivity contribution >= 4 is 40.0 Å². The van der Waals surface area contributed by atoms with E-state index in [-0.39, 0.29) is 18.9 Å². The number of carbonyl (C=O) groups is 3. The third kappa shape index (κ3) is 6.23. The first-order valence-electron chi connectivity index (χ1n) is 10.5. The fourth-order valence-electron chi connectivity index (χ4n) is 3.30. The van der Waals surface area contributed by atoms with Crippen molar-refractivity contribution in [3.05, 3.63) is 41.7 Å². The van der Waals surface area contributed by atoms with Gasteiger partial charge in [-0.05, 0) is 63.0 Å². The van der Waals surface area contributed by atoms with Gasteiger partial charge in [0.05, 0.1) is 6.61 Å². The molecule has 0 unspecified atom stereocenters. The molecule has 2 aromatic rings. The Bertz CT molecular complexity index is 1060. The predicted molar refractivity (Wildman–Crippen MR) is 121 cm³/mol. The maximum Gasteiger partial charge on any atom is 0.328 e. The Hall–Kier alpha value is -3.55. The van der Waals surface area contributed by atoms with E-state index in [9.17, 15) is 14.4 Å². The van der Waals surface area contributed by atoms with Crippen molar-refractivity contribution in [3.63, 3.8) is 0 Å². The SMILES string of the molecule is CCN(CC)C(=O)C=C(C)c1ccc(OCCCC(=O)O)c2oc(/C(C)=C/C(=O)O)cc12. The Kier molecular flexibility index (Phi) is 8.63. The summed E-state index contributed by atoms with van der Waals surface area (Å²) in [5.41, 5.74) is 2.33. The van der Waals surface area contributed by atoms with Crippen LogP contribution in [0.25, 0.3) is 22.1 Å². The molecule has 8 nitrogen and oxygen atoms in total. The Balaban J connectivity index is 2.51. The van der Waals surface area contributed by atoms with Crippen LogP contribution in [0.3, 0.4) is 0 Å². The number of ether oxygens (including phenoxy) is 1. The molecule has 1 amide bonds. The molecule has 1 heterocycles. The average molecular weight is 443 g/mol. The summed E-state index contributed by atoms with van der Waals surface area (Å²) >= 11 is 0. The van der Waals surface area contributed by atoms with Crippen LogP contribution in [0.2, 0.25) is 0 Å². The summed E-state index contributed by atoms with van der Waals surface area (Å²) in [7, 11) is 0. The average Bonchev–Trinajstić information content (AvgIpc) is 3.17. The molecule has 2 rings (SSSR count). The number of hydrogen-bond acceptors (Lipinski definition) is 5. The number of furan rings is 1. The van der Waals surface area contributed by atoms with Crippen LogP contribution in [0.4, 0.5) is 0 Å². The monoisotopic (exact) mass is 443 g/mol. The molecule has 0 spiro atoms. The molecule has 0 saturated heterocycles. The highest BCUT2D eigenvalue weighted by Crippen LogP contribution is 2.36. The highest BCUT2D eigenvalue weighted by Gasteiger charge is 2.17. The van der Waals surface area contributed by atoms with Crippen LogP contribution in [-0.2, 0) is 14.4 Å². The number of fused-ring (bicyclic) bond motifs is 1. The molecule has 0 atom stereocenters. The molecule has 0 aliphatic rings. The van der Waals surface area contributed by atoms with E-state index >= 15 is 0 Å². The Morgan fingerprint density at radius 1 is 1.06 bits per heavy atom. The molecule has 1 aromatic heterocycles. The molecule has 8 heteroatoms. The lowest BCUT2D eigenvalue weighted by molar-refractivity contribution is -0.137. The Labute approximate surface area is 186 Å². The summed E-state index contributed by atoms with van der Waals surface area (Å²) in [6.07, 6.45) is 2.95. The number of carboxylic acids is 2. The van der Waals surface area contributed by atoms with Gasteiger partial charge >= 0.3 is 11.9 Å². The van der Waals surface area contributed by atoms with E-state index in [1.807, 2.05) is 26.8 Å². The molecule has 0 saturated carbocycles. The number of benzene rings is 1. The van der Waals surface area contributed by atoms with Gasteiger partial charge in [0, 0.05) is 37.0 Å². The molecule has 0 aliphatic heterocycles. The van der Waals surface area contributed by atoms with Crippen LogP contribution in [0, 0.1) is 0 Å². The van der Waals surface area contributed by atoms with E-state index < -0.39 is 11.9 Å². The van der Waals surface area contributed by atoms with Crippen molar-refractivity contribution in [2.45, 2.75) is 40.5 Å². The minimum absolute atomic E-state index is 0.0135. The van der Waals surface area contributed by atoms with Crippen LogP contribution in [0.15, 0.2) is 34.8 Å². The number of nitrogens with zero attached hydrogens (tertiary/aromatic N) is 1. The third-order valence-corrected chi connectivity index (χ3v) is 5.01. The van der Waals surface area contributed by atoms with Crippen LogP contribution in [0.1, 0.15) is 51.9 Å². The fraction of sp³-hybridized carbons (Fsp3) is 0.375. The van der Waals surface area contributed by atoms with E-state index in [0.29, 0.717) is 47.6 Å². The van der Waals surface area contributed by atoms with Crippen LogP contribution in [-0.4, -0.2) is 52.7 Å². The molecule has 0 radical (unpaired) electrons. The summed E-state index contributed by atoms with van der Waals surface area (Å²) in [6, 6.07) is 5.25. The maximum absolute atomic E-state index is 12.5. The van der Waals surface area contributed by atoms with Crippen LogP contribution >= 0.6 is 0 Å². The summed E-state index contributed by atoms with van der Waals surface area (Å²) in [6.45, 7) is 8.69. The number of likely N-dealkylation sites (N-methyl/N-ethyl adjacent to an activating group) is 1. The minimum atomic E-state index is -1.09. The standard InChI is InChI=1S/C24H29NO7/c1-5-25(6-2)21(26)12-15(3)17-9-10-19(31-11-7-8-22(27)28)24-18(17)14-20(32-24)16(4)13-23(29)30/h9-10,12-14H,5-8,11H2,1-4H3,(H,27,28)(H,29,30)/b15-12?,16-13+. The smallest absolute Gasteiger partial charge is 0.328 e. The van der Waals surface area contributed by atoms with E-state index in [4.69, 9.17) is 19.4 Å². The zero-order valence-corrected chi connectivity index (χ0v) is 18.8. The Morgan fingerprint density at radius 2 is 1.75 bits per heavy atom. The zero-order chi connectivity index (χ0) is 23.8.